The molecule has 2 aliphatic heterocycles. The first-order valence-corrected chi connectivity index (χ1v) is 7.20. The Balaban J connectivity index is 1.85. The summed E-state index contributed by atoms with van der Waals surface area (Å²) in [5, 5.41) is 3.81. The second-order valence-corrected chi connectivity index (χ2v) is 6.23. The number of hydrogen-bond donors (Lipinski definition) is 1. The molecule has 0 bridgehead atoms. The van der Waals surface area contributed by atoms with Crippen LogP contribution in [0.5, 0.6) is 0 Å². The zero-order valence-electron chi connectivity index (χ0n) is 8.36. The van der Waals surface area contributed by atoms with E-state index in [1.54, 1.807) is 0 Å². The molecular weight excluding hydrogens is 216 g/mol. The van der Waals surface area contributed by atoms with Crippen LogP contribution >= 0.6 is 23.5 Å². The van der Waals surface area contributed by atoms with Crippen molar-refractivity contribution in [1.82, 2.24) is 10.2 Å². The molecule has 0 aromatic heterocycles. The number of rotatable bonds is 2. The number of carbonyl (C=O) groups is 1. The van der Waals surface area contributed by atoms with Crippen molar-refractivity contribution in [1.29, 1.82) is 0 Å². The summed E-state index contributed by atoms with van der Waals surface area (Å²) < 4.78 is 0. The minimum absolute atomic E-state index is 0.232. The van der Waals surface area contributed by atoms with Crippen molar-refractivity contribution < 1.29 is 4.79 Å². The highest BCUT2D eigenvalue weighted by atomic mass is 32.2. The number of nitrogens with one attached hydrogen (secondary N) is 1. The van der Waals surface area contributed by atoms with Crippen LogP contribution in [-0.4, -0.2) is 52.6 Å². The molecule has 3 nitrogen and oxygen atoms in total. The highest BCUT2D eigenvalue weighted by Gasteiger charge is 2.29. The fraction of sp³-hybridized carbons (Fsp3) is 0.889. The highest BCUT2D eigenvalue weighted by Crippen LogP contribution is 2.25. The predicted molar refractivity (Wildman–Crippen MR) is 62.7 cm³/mol. The van der Waals surface area contributed by atoms with Crippen LogP contribution in [0.3, 0.4) is 0 Å². The average Bonchev–Trinajstić information content (AvgIpc) is 2.51. The van der Waals surface area contributed by atoms with Gasteiger partial charge in [-0.15, -0.1) is 0 Å². The van der Waals surface area contributed by atoms with Crippen LogP contribution in [-0.2, 0) is 4.79 Å². The summed E-state index contributed by atoms with van der Waals surface area (Å²) in [6.07, 6.45) is 0.232. The fourth-order valence-corrected chi connectivity index (χ4v) is 4.45. The maximum absolute atomic E-state index is 11.5. The smallest absolute Gasteiger partial charge is 0.237 e. The third kappa shape index (κ3) is 2.38. The van der Waals surface area contributed by atoms with E-state index in [4.69, 9.17) is 0 Å². The van der Waals surface area contributed by atoms with Gasteiger partial charge in [-0.25, -0.2) is 0 Å². The molecule has 2 atom stereocenters. The molecule has 2 fully saturated rings. The molecule has 2 unspecified atom stereocenters. The Hall–Kier alpha value is 0.130. The molecule has 0 saturated carbocycles. The first-order chi connectivity index (χ1) is 6.77. The normalized spacial score (nSPS) is 33.8. The fourth-order valence-electron chi connectivity index (χ4n) is 1.78. The third-order valence-corrected chi connectivity index (χ3v) is 5.45. The zero-order chi connectivity index (χ0) is 9.97. The van der Waals surface area contributed by atoms with Crippen molar-refractivity contribution in [3.8, 4) is 0 Å². The van der Waals surface area contributed by atoms with E-state index in [0.29, 0.717) is 11.8 Å². The molecule has 1 amide bonds. The molecule has 2 heterocycles. The molecule has 1 N–H and O–H groups in total. The maximum atomic E-state index is 11.5. The maximum Gasteiger partial charge on any atom is 0.237 e. The number of nitrogens with zero attached hydrogens (tertiary/aromatic N) is 1. The molecule has 0 aromatic carbocycles. The summed E-state index contributed by atoms with van der Waals surface area (Å²) in [4.78, 5) is 13.5. The molecular formula is C9H16N2OS2. The quantitative estimate of drug-likeness (QED) is 0.756. The van der Waals surface area contributed by atoms with E-state index >= 15 is 0 Å². The van der Waals surface area contributed by atoms with E-state index in [1.807, 2.05) is 28.4 Å². The van der Waals surface area contributed by atoms with Gasteiger partial charge in [-0.3, -0.25) is 10.1 Å². The van der Waals surface area contributed by atoms with Gasteiger partial charge in [0.1, 0.15) is 0 Å². The second-order valence-electron chi connectivity index (χ2n) is 3.67. The van der Waals surface area contributed by atoms with E-state index in [9.17, 15) is 4.79 Å². The van der Waals surface area contributed by atoms with Crippen molar-refractivity contribution in [3.63, 3.8) is 0 Å². The molecule has 0 radical (unpaired) electrons. The summed E-state index contributed by atoms with van der Waals surface area (Å²) in [6.45, 7) is 3.50. The largest absolute Gasteiger partial charge is 0.325 e. The van der Waals surface area contributed by atoms with E-state index < -0.39 is 0 Å². The Morgan fingerprint density at radius 3 is 3.00 bits per heavy atom. The molecule has 5 heteroatoms. The van der Waals surface area contributed by atoms with Crippen LogP contribution in [0.4, 0.5) is 0 Å². The molecule has 14 heavy (non-hydrogen) atoms. The van der Waals surface area contributed by atoms with Gasteiger partial charge in [0.05, 0.1) is 12.7 Å². The van der Waals surface area contributed by atoms with Gasteiger partial charge in [-0.2, -0.15) is 23.5 Å². The topological polar surface area (TPSA) is 32.3 Å². The number of carbonyl (C=O) groups excluding carboxylic acids is 1. The van der Waals surface area contributed by atoms with Crippen molar-refractivity contribution in [3.05, 3.63) is 0 Å². The average molecular weight is 232 g/mol. The first kappa shape index (κ1) is 10.6. The minimum atomic E-state index is 0.232. The van der Waals surface area contributed by atoms with E-state index in [1.165, 1.54) is 17.3 Å². The highest BCUT2D eigenvalue weighted by molar-refractivity contribution is 8.06. The molecule has 80 valence electrons. The Bertz CT molecular complexity index is 219. The number of hydrogen-bond acceptors (Lipinski definition) is 4. The molecule has 2 saturated heterocycles. The van der Waals surface area contributed by atoms with E-state index in [0.717, 1.165) is 6.54 Å². The number of thioether (sulfide) groups is 2. The predicted octanol–water partition coefficient (Wildman–Crippen LogP) is 0.613. The van der Waals surface area contributed by atoms with Crippen molar-refractivity contribution in [2.45, 2.75) is 18.3 Å². The summed E-state index contributed by atoms with van der Waals surface area (Å²) in [5.41, 5.74) is 0. The van der Waals surface area contributed by atoms with Gasteiger partial charge in [0.15, 0.2) is 0 Å². The van der Waals surface area contributed by atoms with Crippen molar-refractivity contribution in [2.24, 2.45) is 0 Å². The number of amides is 1. The Morgan fingerprint density at radius 1 is 1.57 bits per heavy atom. The Kier molecular flexibility index (Phi) is 3.62. The van der Waals surface area contributed by atoms with Crippen LogP contribution in [0.1, 0.15) is 6.92 Å². The van der Waals surface area contributed by atoms with Gasteiger partial charge in [0.2, 0.25) is 5.91 Å². The van der Waals surface area contributed by atoms with Gasteiger partial charge in [0, 0.05) is 29.1 Å². The van der Waals surface area contributed by atoms with Crippen LogP contribution in [0.15, 0.2) is 0 Å². The van der Waals surface area contributed by atoms with Gasteiger partial charge in [-0.05, 0) is 6.92 Å². The van der Waals surface area contributed by atoms with Gasteiger partial charge < -0.3 is 4.90 Å². The second kappa shape index (κ2) is 4.77. The standard InChI is InChI=1S/C9H16N2OS2/c1-7-10-4-9(12)11(7)5-8-6-13-2-3-14-8/h7-8,10H,2-6H2,1H3. The lowest BCUT2D eigenvalue weighted by molar-refractivity contribution is -0.127. The third-order valence-electron chi connectivity index (χ3n) is 2.62. The van der Waals surface area contributed by atoms with Crippen LogP contribution < -0.4 is 5.32 Å². The van der Waals surface area contributed by atoms with Gasteiger partial charge in [0.25, 0.3) is 0 Å². The summed E-state index contributed by atoms with van der Waals surface area (Å²) in [6, 6.07) is 0. The summed E-state index contributed by atoms with van der Waals surface area (Å²) >= 11 is 4.02. The van der Waals surface area contributed by atoms with Gasteiger partial charge in [-0.1, -0.05) is 0 Å². The molecule has 2 aliphatic rings. The van der Waals surface area contributed by atoms with Gasteiger partial charge >= 0.3 is 0 Å². The SMILES string of the molecule is CC1NCC(=O)N1CC1CSCCS1. The molecule has 0 aliphatic carbocycles. The van der Waals surface area contributed by atoms with Crippen molar-refractivity contribution in [2.75, 3.05) is 30.3 Å². The van der Waals surface area contributed by atoms with E-state index in [2.05, 4.69) is 12.2 Å². The summed E-state index contributed by atoms with van der Waals surface area (Å²) in [5.74, 6) is 3.96. The van der Waals surface area contributed by atoms with Crippen LogP contribution in [0.2, 0.25) is 0 Å². The minimum Gasteiger partial charge on any atom is -0.325 e. The monoisotopic (exact) mass is 232 g/mol. The lowest BCUT2D eigenvalue weighted by Gasteiger charge is -2.28. The molecule has 2 rings (SSSR count). The lowest BCUT2D eigenvalue weighted by Crippen LogP contribution is -2.40. The van der Waals surface area contributed by atoms with Crippen LogP contribution in [0, 0.1) is 0 Å². The van der Waals surface area contributed by atoms with Crippen LogP contribution in [0.25, 0.3) is 0 Å². The van der Waals surface area contributed by atoms with Crippen molar-refractivity contribution >= 4 is 29.4 Å². The Morgan fingerprint density at radius 2 is 2.43 bits per heavy atom. The Labute approximate surface area is 93.4 Å². The summed E-state index contributed by atoms with van der Waals surface area (Å²) in [7, 11) is 0. The first-order valence-electron chi connectivity index (χ1n) is 4.99. The lowest BCUT2D eigenvalue weighted by atomic mass is 10.4. The molecule has 0 spiro atoms. The molecule has 0 aromatic rings. The van der Waals surface area contributed by atoms with E-state index in [-0.39, 0.29) is 12.1 Å². The zero-order valence-corrected chi connectivity index (χ0v) is 10.00.